The number of hydrogen-bond acceptors (Lipinski definition) is 2. The van der Waals surface area contributed by atoms with Crippen LogP contribution < -0.4 is 15.4 Å². The SMILES string of the molecule is CN=C(NCc1ccccc1OC(F)F)NC1CC1c1ccccc1F.I. The highest BCUT2D eigenvalue weighted by Gasteiger charge is 2.40. The lowest BCUT2D eigenvalue weighted by Crippen LogP contribution is -2.38. The predicted molar refractivity (Wildman–Crippen MR) is 109 cm³/mol. The Morgan fingerprint density at radius 1 is 1.19 bits per heavy atom. The van der Waals surface area contributed by atoms with Crippen molar-refractivity contribution in [2.24, 2.45) is 4.99 Å². The van der Waals surface area contributed by atoms with Crippen molar-refractivity contribution >= 4 is 29.9 Å². The van der Waals surface area contributed by atoms with Gasteiger partial charge in [0.1, 0.15) is 11.6 Å². The lowest BCUT2D eigenvalue weighted by atomic mass is 10.1. The van der Waals surface area contributed by atoms with E-state index in [2.05, 4.69) is 20.4 Å². The minimum atomic E-state index is -2.87. The molecule has 146 valence electrons. The highest BCUT2D eigenvalue weighted by Crippen LogP contribution is 2.41. The molecular weight excluding hydrogens is 470 g/mol. The lowest BCUT2D eigenvalue weighted by Gasteiger charge is -2.14. The van der Waals surface area contributed by atoms with Gasteiger partial charge >= 0.3 is 6.61 Å². The molecular formula is C19H21F3IN3O. The Kier molecular flexibility index (Phi) is 7.76. The third-order valence-corrected chi connectivity index (χ3v) is 4.28. The van der Waals surface area contributed by atoms with Crippen molar-refractivity contribution in [2.75, 3.05) is 7.05 Å². The minimum Gasteiger partial charge on any atom is -0.434 e. The smallest absolute Gasteiger partial charge is 0.387 e. The minimum absolute atomic E-state index is 0. The van der Waals surface area contributed by atoms with E-state index in [1.807, 2.05) is 6.07 Å². The van der Waals surface area contributed by atoms with Crippen LogP contribution in [0.4, 0.5) is 13.2 Å². The Labute approximate surface area is 173 Å². The van der Waals surface area contributed by atoms with Crippen molar-refractivity contribution in [3.63, 3.8) is 0 Å². The van der Waals surface area contributed by atoms with Crippen LogP contribution in [-0.4, -0.2) is 25.7 Å². The molecule has 1 aliphatic rings. The van der Waals surface area contributed by atoms with Crippen LogP contribution in [-0.2, 0) is 6.54 Å². The molecule has 0 heterocycles. The van der Waals surface area contributed by atoms with Crippen LogP contribution in [0.15, 0.2) is 53.5 Å². The van der Waals surface area contributed by atoms with Crippen molar-refractivity contribution in [2.45, 2.75) is 31.5 Å². The monoisotopic (exact) mass is 491 g/mol. The van der Waals surface area contributed by atoms with E-state index >= 15 is 0 Å². The van der Waals surface area contributed by atoms with Gasteiger partial charge in [-0.15, -0.1) is 24.0 Å². The second-order valence-electron chi connectivity index (χ2n) is 6.03. The fourth-order valence-corrected chi connectivity index (χ4v) is 2.88. The van der Waals surface area contributed by atoms with Gasteiger partial charge in [-0.25, -0.2) is 4.39 Å². The average molecular weight is 491 g/mol. The number of hydrogen-bond donors (Lipinski definition) is 2. The molecule has 0 aromatic heterocycles. The van der Waals surface area contributed by atoms with Gasteiger partial charge in [0, 0.05) is 31.1 Å². The molecule has 0 radical (unpaired) electrons. The summed E-state index contributed by atoms with van der Waals surface area (Å²) in [5.41, 5.74) is 1.29. The van der Waals surface area contributed by atoms with Crippen molar-refractivity contribution in [1.29, 1.82) is 0 Å². The molecule has 8 heteroatoms. The summed E-state index contributed by atoms with van der Waals surface area (Å²) in [7, 11) is 1.62. The number of nitrogens with zero attached hydrogens (tertiary/aromatic N) is 1. The maximum absolute atomic E-state index is 13.8. The average Bonchev–Trinajstić information content (AvgIpc) is 3.38. The second kappa shape index (κ2) is 9.82. The van der Waals surface area contributed by atoms with Crippen LogP contribution in [0.2, 0.25) is 0 Å². The number of halogens is 4. The Morgan fingerprint density at radius 2 is 1.89 bits per heavy atom. The lowest BCUT2D eigenvalue weighted by molar-refractivity contribution is -0.0504. The first kappa shape index (κ1) is 21.3. The molecule has 1 aliphatic carbocycles. The van der Waals surface area contributed by atoms with Gasteiger partial charge in [-0.1, -0.05) is 36.4 Å². The van der Waals surface area contributed by atoms with E-state index in [0.717, 1.165) is 6.42 Å². The molecule has 3 rings (SSSR count). The molecule has 0 bridgehead atoms. The molecule has 2 atom stereocenters. The number of benzene rings is 2. The normalized spacial score (nSPS) is 18.6. The van der Waals surface area contributed by atoms with Gasteiger partial charge in [0.15, 0.2) is 5.96 Å². The van der Waals surface area contributed by atoms with Gasteiger partial charge in [0.05, 0.1) is 0 Å². The summed E-state index contributed by atoms with van der Waals surface area (Å²) in [5.74, 6) is 0.550. The van der Waals surface area contributed by atoms with Gasteiger partial charge in [0.2, 0.25) is 0 Å². The summed E-state index contributed by atoms with van der Waals surface area (Å²) in [6.45, 7) is -2.60. The van der Waals surface area contributed by atoms with E-state index in [9.17, 15) is 13.2 Å². The Morgan fingerprint density at radius 3 is 2.59 bits per heavy atom. The van der Waals surface area contributed by atoms with Gasteiger partial charge < -0.3 is 15.4 Å². The van der Waals surface area contributed by atoms with Crippen molar-refractivity contribution < 1.29 is 17.9 Å². The number of alkyl halides is 2. The molecule has 27 heavy (non-hydrogen) atoms. The first-order valence-corrected chi connectivity index (χ1v) is 8.33. The molecule has 2 aromatic rings. The van der Waals surface area contributed by atoms with Crippen molar-refractivity contribution in [1.82, 2.24) is 10.6 Å². The Balaban J connectivity index is 0.00000261. The van der Waals surface area contributed by atoms with E-state index in [1.54, 1.807) is 37.4 Å². The van der Waals surface area contributed by atoms with E-state index in [-0.39, 0.29) is 54.0 Å². The number of para-hydroxylation sites is 1. The molecule has 0 spiro atoms. The fourth-order valence-electron chi connectivity index (χ4n) is 2.88. The number of ether oxygens (including phenoxy) is 1. The third-order valence-electron chi connectivity index (χ3n) is 4.28. The maximum atomic E-state index is 13.8. The zero-order valence-corrected chi connectivity index (χ0v) is 17.0. The van der Waals surface area contributed by atoms with Crippen LogP contribution in [0.25, 0.3) is 0 Å². The summed E-state index contributed by atoms with van der Waals surface area (Å²) >= 11 is 0. The molecule has 1 saturated carbocycles. The van der Waals surface area contributed by atoms with E-state index < -0.39 is 6.61 Å². The third kappa shape index (κ3) is 5.75. The summed E-state index contributed by atoms with van der Waals surface area (Å²) in [5, 5.41) is 6.31. The molecule has 2 aromatic carbocycles. The highest BCUT2D eigenvalue weighted by molar-refractivity contribution is 14.0. The van der Waals surface area contributed by atoms with E-state index in [0.29, 0.717) is 17.1 Å². The molecule has 2 N–H and O–H groups in total. The number of nitrogens with one attached hydrogen (secondary N) is 2. The molecule has 2 unspecified atom stereocenters. The number of guanidine groups is 1. The number of aliphatic imine (C=N–C) groups is 1. The molecule has 1 fully saturated rings. The van der Waals surface area contributed by atoms with Crippen LogP contribution in [0, 0.1) is 5.82 Å². The standard InChI is InChI=1S/C19H20F3N3O.HI/c1-23-19(24-11-12-6-2-5-9-17(12)26-18(21)22)25-16-10-14(16)13-7-3-4-8-15(13)20;/h2-9,14,16,18H,10-11H2,1H3,(H2,23,24,25);1H. The summed E-state index contributed by atoms with van der Waals surface area (Å²) in [4.78, 5) is 4.14. The quantitative estimate of drug-likeness (QED) is 0.361. The van der Waals surface area contributed by atoms with Gasteiger partial charge in [0.25, 0.3) is 0 Å². The first-order valence-electron chi connectivity index (χ1n) is 8.33. The van der Waals surface area contributed by atoms with Crippen LogP contribution in [0.3, 0.4) is 0 Å². The summed E-state index contributed by atoms with van der Waals surface area (Å²) < 4.78 is 43.3. The zero-order chi connectivity index (χ0) is 18.5. The van der Waals surface area contributed by atoms with Crippen LogP contribution in [0.5, 0.6) is 5.75 Å². The Hall–Kier alpha value is -1.97. The molecule has 0 aliphatic heterocycles. The van der Waals surface area contributed by atoms with Gasteiger partial charge in [-0.05, 0) is 24.1 Å². The largest absolute Gasteiger partial charge is 0.434 e. The van der Waals surface area contributed by atoms with Gasteiger partial charge in [-0.3, -0.25) is 4.99 Å². The summed E-state index contributed by atoms with van der Waals surface area (Å²) in [6.07, 6.45) is 0.812. The van der Waals surface area contributed by atoms with Crippen molar-refractivity contribution in [3.05, 3.63) is 65.5 Å². The molecule has 0 amide bonds. The van der Waals surface area contributed by atoms with Crippen LogP contribution in [0.1, 0.15) is 23.5 Å². The summed E-state index contributed by atoms with van der Waals surface area (Å²) in [6, 6.07) is 13.4. The van der Waals surface area contributed by atoms with Crippen molar-refractivity contribution in [3.8, 4) is 5.75 Å². The first-order chi connectivity index (χ1) is 12.6. The van der Waals surface area contributed by atoms with Crippen LogP contribution >= 0.6 is 24.0 Å². The van der Waals surface area contributed by atoms with E-state index in [4.69, 9.17) is 0 Å². The fraction of sp³-hybridized carbons (Fsp3) is 0.316. The zero-order valence-electron chi connectivity index (χ0n) is 14.7. The predicted octanol–water partition coefficient (Wildman–Crippen LogP) is 4.27. The Bertz CT molecular complexity index is 788. The molecule has 0 saturated heterocycles. The molecule has 4 nitrogen and oxygen atoms in total. The second-order valence-corrected chi connectivity index (χ2v) is 6.03. The topological polar surface area (TPSA) is 45.7 Å². The van der Waals surface area contributed by atoms with E-state index in [1.165, 1.54) is 12.1 Å². The number of rotatable bonds is 6. The highest BCUT2D eigenvalue weighted by atomic mass is 127. The van der Waals surface area contributed by atoms with Gasteiger partial charge in [-0.2, -0.15) is 8.78 Å². The maximum Gasteiger partial charge on any atom is 0.387 e.